The maximum absolute atomic E-state index is 11.9. The Bertz CT molecular complexity index is 779. The second-order valence-electron chi connectivity index (χ2n) is 7.29. The zero-order valence-electron chi connectivity index (χ0n) is 16.9. The lowest BCUT2D eigenvalue weighted by atomic mass is 9.92. The van der Waals surface area contributed by atoms with Gasteiger partial charge in [-0.05, 0) is 49.6 Å². The molecule has 28 heavy (non-hydrogen) atoms. The molecule has 5 heteroatoms. The van der Waals surface area contributed by atoms with Crippen LogP contribution in [0.3, 0.4) is 0 Å². The van der Waals surface area contributed by atoms with Crippen LogP contribution >= 0.6 is 0 Å². The number of nitrogens with one attached hydrogen (secondary N) is 2. The average molecular weight is 383 g/mol. The van der Waals surface area contributed by atoms with Gasteiger partial charge in [0.1, 0.15) is 5.75 Å². The number of benzene rings is 2. The molecular weight excluding hydrogens is 352 g/mol. The predicted molar refractivity (Wildman–Crippen MR) is 110 cm³/mol. The Kier molecular flexibility index (Phi) is 7.06. The second-order valence-corrected chi connectivity index (χ2v) is 7.29. The number of methoxy groups -OCH3 is 2. The van der Waals surface area contributed by atoms with E-state index in [1.54, 1.807) is 7.11 Å². The second kappa shape index (κ2) is 9.71. The Morgan fingerprint density at radius 2 is 2.00 bits per heavy atom. The molecular formula is C23H30N2O3. The van der Waals surface area contributed by atoms with E-state index in [0.29, 0.717) is 12.6 Å². The molecule has 0 aromatic heterocycles. The van der Waals surface area contributed by atoms with Crippen LogP contribution in [-0.4, -0.2) is 32.8 Å². The third-order valence-corrected chi connectivity index (χ3v) is 5.53. The highest BCUT2D eigenvalue weighted by Gasteiger charge is 2.26. The molecule has 1 heterocycles. The van der Waals surface area contributed by atoms with Gasteiger partial charge < -0.3 is 20.1 Å². The summed E-state index contributed by atoms with van der Waals surface area (Å²) in [5, 5.41) is 7.36. The summed E-state index contributed by atoms with van der Waals surface area (Å²) in [5.74, 6) is 0.293. The summed E-state index contributed by atoms with van der Waals surface area (Å²) >= 11 is 0. The fraction of sp³-hybridized carbons (Fsp3) is 0.435. The van der Waals surface area contributed by atoms with Gasteiger partial charge in [-0.2, -0.15) is 0 Å². The van der Waals surface area contributed by atoms with Crippen LogP contribution in [0, 0.1) is 0 Å². The number of rotatable bonds is 7. The van der Waals surface area contributed by atoms with Gasteiger partial charge in [0, 0.05) is 24.2 Å². The minimum absolute atomic E-state index is 0.232. The van der Waals surface area contributed by atoms with Gasteiger partial charge in [-0.25, -0.2) is 0 Å². The lowest BCUT2D eigenvalue weighted by molar-refractivity contribution is -0.141. The van der Waals surface area contributed by atoms with Crippen molar-refractivity contribution in [2.75, 3.05) is 20.8 Å². The zero-order valence-corrected chi connectivity index (χ0v) is 16.9. The lowest BCUT2D eigenvalue weighted by Gasteiger charge is -2.34. The Morgan fingerprint density at radius 1 is 1.21 bits per heavy atom. The smallest absolute Gasteiger partial charge is 0.312 e. The summed E-state index contributed by atoms with van der Waals surface area (Å²) in [6, 6.07) is 17.1. The van der Waals surface area contributed by atoms with E-state index in [4.69, 9.17) is 9.47 Å². The number of carbonyl (C=O) groups is 1. The molecule has 1 unspecified atom stereocenters. The summed E-state index contributed by atoms with van der Waals surface area (Å²) in [6.07, 6.45) is 2.27. The molecule has 0 spiro atoms. The molecule has 1 fully saturated rings. The molecule has 2 N–H and O–H groups in total. The predicted octanol–water partition coefficient (Wildman–Crippen LogP) is 3.55. The van der Waals surface area contributed by atoms with Crippen molar-refractivity contribution in [2.45, 2.75) is 44.3 Å². The van der Waals surface area contributed by atoms with Gasteiger partial charge >= 0.3 is 5.97 Å². The standard InChI is InChI=1S/C23H30N2O3/c1-16(23(26)28-3)18-11-12-21(27-2)19(14-18)15-25-20-10-7-13-24-22(20)17-8-5-4-6-9-17/h4-6,8-9,11-12,14,16,20,22,24-25H,7,10,13,15H2,1-3H3/t16?,20-,22-/m0/s1. The molecule has 0 saturated carbocycles. The molecule has 0 radical (unpaired) electrons. The fourth-order valence-electron chi connectivity index (χ4n) is 3.88. The minimum Gasteiger partial charge on any atom is -0.496 e. The summed E-state index contributed by atoms with van der Waals surface area (Å²) < 4.78 is 10.4. The number of piperidine rings is 1. The molecule has 3 atom stereocenters. The van der Waals surface area contributed by atoms with Gasteiger partial charge in [0.15, 0.2) is 0 Å². The highest BCUT2D eigenvalue weighted by Crippen LogP contribution is 2.27. The molecule has 5 nitrogen and oxygen atoms in total. The van der Waals surface area contributed by atoms with Crippen LogP contribution in [-0.2, 0) is 16.1 Å². The van der Waals surface area contributed by atoms with Crippen LogP contribution in [0.25, 0.3) is 0 Å². The van der Waals surface area contributed by atoms with Gasteiger partial charge in [0.2, 0.25) is 0 Å². The van der Waals surface area contributed by atoms with E-state index in [1.165, 1.54) is 12.7 Å². The summed E-state index contributed by atoms with van der Waals surface area (Å²) in [4.78, 5) is 11.9. The van der Waals surface area contributed by atoms with E-state index in [1.807, 2.05) is 31.2 Å². The largest absolute Gasteiger partial charge is 0.496 e. The number of carbonyl (C=O) groups excluding carboxylic acids is 1. The Balaban J connectivity index is 1.75. The molecule has 2 aromatic carbocycles. The van der Waals surface area contributed by atoms with Crippen molar-refractivity contribution in [1.82, 2.24) is 10.6 Å². The van der Waals surface area contributed by atoms with Crippen molar-refractivity contribution in [3.8, 4) is 5.75 Å². The first-order chi connectivity index (χ1) is 13.6. The summed E-state index contributed by atoms with van der Waals surface area (Å²) in [6.45, 7) is 3.58. The minimum atomic E-state index is -0.303. The number of hydrogen-bond donors (Lipinski definition) is 2. The van der Waals surface area contributed by atoms with Gasteiger partial charge in [-0.15, -0.1) is 0 Å². The number of esters is 1. The third kappa shape index (κ3) is 4.72. The monoisotopic (exact) mass is 382 g/mol. The zero-order chi connectivity index (χ0) is 19.9. The van der Waals surface area contributed by atoms with Crippen molar-refractivity contribution in [3.05, 3.63) is 65.2 Å². The van der Waals surface area contributed by atoms with Crippen molar-refractivity contribution >= 4 is 5.97 Å². The summed E-state index contributed by atoms with van der Waals surface area (Å²) in [7, 11) is 3.10. The third-order valence-electron chi connectivity index (χ3n) is 5.53. The van der Waals surface area contributed by atoms with Crippen LogP contribution in [0.2, 0.25) is 0 Å². The van der Waals surface area contributed by atoms with Gasteiger partial charge in [-0.1, -0.05) is 36.4 Å². The van der Waals surface area contributed by atoms with Crippen molar-refractivity contribution in [2.24, 2.45) is 0 Å². The maximum Gasteiger partial charge on any atom is 0.312 e. The van der Waals surface area contributed by atoms with Crippen LogP contribution in [0.15, 0.2) is 48.5 Å². The van der Waals surface area contributed by atoms with Crippen LogP contribution in [0.5, 0.6) is 5.75 Å². The normalized spacial score (nSPS) is 20.4. The van der Waals surface area contributed by atoms with Crippen LogP contribution < -0.4 is 15.4 Å². The van der Waals surface area contributed by atoms with Crippen LogP contribution in [0.4, 0.5) is 0 Å². The Hall–Kier alpha value is -2.37. The van der Waals surface area contributed by atoms with E-state index in [-0.39, 0.29) is 17.9 Å². The van der Waals surface area contributed by atoms with E-state index in [2.05, 4.69) is 34.9 Å². The highest BCUT2D eigenvalue weighted by molar-refractivity contribution is 5.77. The number of hydrogen-bond acceptors (Lipinski definition) is 5. The molecule has 0 bridgehead atoms. The summed E-state index contributed by atoms with van der Waals surface area (Å²) in [5.41, 5.74) is 3.29. The van der Waals surface area contributed by atoms with E-state index < -0.39 is 0 Å². The maximum atomic E-state index is 11.9. The SMILES string of the molecule is COC(=O)C(C)c1ccc(OC)c(CN[C@H]2CCCN[C@H]2c2ccccc2)c1. The topological polar surface area (TPSA) is 59.6 Å². The van der Waals surface area contributed by atoms with E-state index in [0.717, 1.165) is 36.3 Å². The van der Waals surface area contributed by atoms with Gasteiger partial charge in [0.05, 0.1) is 20.1 Å². The fourth-order valence-corrected chi connectivity index (χ4v) is 3.88. The molecule has 2 aromatic rings. The number of ether oxygens (including phenoxy) is 2. The Labute approximate surface area is 167 Å². The van der Waals surface area contributed by atoms with Gasteiger partial charge in [0.25, 0.3) is 0 Å². The molecule has 1 aliphatic rings. The van der Waals surface area contributed by atoms with E-state index >= 15 is 0 Å². The molecule has 0 amide bonds. The van der Waals surface area contributed by atoms with Gasteiger partial charge in [-0.3, -0.25) is 4.79 Å². The first-order valence-electron chi connectivity index (χ1n) is 9.90. The van der Waals surface area contributed by atoms with Crippen molar-refractivity contribution in [1.29, 1.82) is 0 Å². The average Bonchev–Trinajstić information content (AvgIpc) is 2.77. The molecule has 150 valence electrons. The molecule has 1 saturated heterocycles. The molecule has 1 aliphatic heterocycles. The quantitative estimate of drug-likeness (QED) is 0.717. The molecule has 0 aliphatic carbocycles. The highest BCUT2D eigenvalue weighted by atomic mass is 16.5. The van der Waals surface area contributed by atoms with Crippen molar-refractivity contribution < 1.29 is 14.3 Å². The Morgan fingerprint density at radius 3 is 2.71 bits per heavy atom. The lowest BCUT2D eigenvalue weighted by Crippen LogP contribution is -2.45. The van der Waals surface area contributed by atoms with Crippen molar-refractivity contribution in [3.63, 3.8) is 0 Å². The molecule has 3 rings (SSSR count). The van der Waals surface area contributed by atoms with E-state index in [9.17, 15) is 4.79 Å². The first kappa shape index (κ1) is 20.4. The van der Waals surface area contributed by atoms with Crippen LogP contribution in [0.1, 0.15) is 48.4 Å². The first-order valence-corrected chi connectivity index (χ1v) is 9.90.